The van der Waals surface area contributed by atoms with Crippen molar-refractivity contribution in [3.63, 3.8) is 0 Å². The highest BCUT2D eigenvalue weighted by Crippen LogP contribution is 2.36. The van der Waals surface area contributed by atoms with Crippen molar-refractivity contribution in [1.29, 1.82) is 0 Å². The van der Waals surface area contributed by atoms with Crippen LogP contribution >= 0.6 is 15.9 Å². The lowest BCUT2D eigenvalue weighted by atomic mass is 10.0. The van der Waals surface area contributed by atoms with Gasteiger partial charge in [0.05, 0.1) is 0 Å². The molecule has 1 aromatic heterocycles. The first-order valence-electron chi connectivity index (χ1n) is 6.04. The van der Waals surface area contributed by atoms with Gasteiger partial charge in [-0.3, -0.25) is 14.9 Å². The molecular formula is C12H12BrN5O2. The van der Waals surface area contributed by atoms with E-state index in [1.54, 1.807) is 0 Å². The Labute approximate surface area is 122 Å². The second kappa shape index (κ2) is 4.48. The van der Waals surface area contributed by atoms with Crippen LogP contribution in [0.4, 0.5) is 0 Å². The van der Waals surface area contributed by atoms with E-state index in [1.807, 2.05) is 6.92 Å². The smallest absolute Gasteiger partial charge is 0.277 e. The molecule has 0 saturated heterocycles. The van der Waals surface area contributed by atoms with Gasteiger partial charge in [-0.05, 0) is 34.8 Å². The summed E-state index contributed by atoms with van der Waals surface area (Å²) >= 11 is 3.46. The Morgan fingerprint density at radius 2 is 2.05 bits per heavy atom. The van der Waals surface area contributed by atoms with Crippen LogP contribution in [0.1, 0.15) is 28.2 Å². The number of aromatic nitrogens is 1. The molecule has 0 aliphatic carbocycles. The number of rotatable bonds is 0. The van der Waals surface area contributed by atoms with Crippen molar-refractivity contribution >= 4 is 39.3 Å². The maximum Gasteiger partial charge on any atom is 0.277 e. The van der Waals surface area contributed by atoms with Gasteiger partial charge in [-0.15, -0.1) is 0 Å². The van der Waals surface area contributed by atoms with Crippen molar-refractivity contribution < 1.29 is 9.59 Å². The highest BCUT2D eigenvalue weighted by molar-refractivity contribution is 9.10. The van der Waals surface area contributed by atoms with Gasteiger partial charge in [0, 0.05) is 22.3 Å². The van der Waals surface area contributed by atoms with Crippen LogP contribution in [0.15, 0.2) is 15.2 Å². The quantitative estimate of drug-likeness (QED) is 0.513. The third-order valence-electron chi connectivity index (χ3n) is 3.28. The van der Waals surface area contributed by atoms with Crippen LogP contribution in [0, 0.1) is 6.92 Å². The molecule has 0 atom stereocenters. The SMILES string of the molecule is Cc1[nH]c2c(c1Br)C(=C1N=C(N)NC1=O)CCNC2=O. The Hall–Kier alpha value is -2.09. The van der Waals surface area contributed by atoms with Crippen molar-refractivity contribution in [1.82, 2.24) is 15.6 Å². The number of nitrogens with zero attached hydrogens (tertiary/aromatic N) is 1. The van der Waals surface area contributed by atoms with E-state index < -0.39 is 0 Å². The third kappa shape index (κ3) is 1.83. The molecule has 20 heavy (non-hydrogen) atoms. The number of guanidine groups is 1. The van der Waals surface area contributed by atoms with E-state index in [1.165, 1.54) is 0 Å². The first-order chi connectivity index (χ1) is 9.49. The molecule has 1 aromatic rings. The molecule has 5 N–H and O–H groups in total. The molecule has 0 aromatic carbocycles. The summed E-state index contributed by atoms with van der Waals surface area (Å²) < 4.78 is 0.764. The average molecular weight is 338 g/mol. The fourth-order valence-corrected chi connectivity index (χ4v) is 2.92. The van der Waals surface area contributed by atoms with E-state index in [4.69, 9.17) is 5.73 Å². The van der Waals surface area contributed by atoms with Crippen LogP contribution in [0.2, 0.25) is 0 Å². The van der Waals surface area contributed by atoms with Crippen LogP contribution < -0.4 is 16.4 Å². The lowest BCUT2D eigenvalue weighted by molar-refractivity contribution is -0.115. The molecule has 2 amide bonds. The predicted octanol–water partition coefficient (Wildman–Crippen LogP) is 0.375. The van der Waals surface area contributed by atoms with Crippen molar-refractivity contribution in [3.8, 4) is 0 Å². The maximum atomic E-state index is 12.0. The normalized spacial score (nSPS) is 22.0. The van der Waals surface area contributed by atoms with Crippen molar-refractivity contribution in [3.05, 3.63) is 27.1 Å². The number of carbonyl (C=O) groups is 2. The summed E-state index contributed by atoms with van der Waals surface area (Å²) in [4.78, 5) is 31.0. The van der Waals surface area contributed by atoms with Crippen LogP contribution in [-0.4, -0.2) is 29.3 Å². The number of fused-ring (bicyclic) bond motifs is 1. The van der Waals surface area contributed by atoms with Gasteiger partial charge in [-0.25, -0.2) is 4.99 Å². The monoisotopic (exact) mass is 337 g/mol. The molecule has 0 spiro atoms. The zero-order valence-corrected chi connectivity index (χ0v) is 12.2. The summed E-state index contributed by atoms with van der Waals surface area (Å²) in [5.74, 6) is -0.464. The standard InChI is InChI=1S/C12H12BrN5O2/c1-4-7(13)6-5(8-11(20)18-12(14)17-8)2-3-15-10(19)9(6)16-4/h16H,2-3H2,1H3,(H,15,19)(H3,14,17,18,20). The fraction of sp³-hybridized carbons (Fsp3) is 0.250. The Morgan fingerprint density at radius 1 is 1.30 bits per heavy atom. The van der Waals surface area contributed by atoms with E-state index in [2.05, 4.69) is 36.5 Å². The van der Waals surface area contributed by atoms with Gasteiger partial charge >= 0.3 is 0 Å². The molecule has 104 valence electrons. The number of amides is 2. The predicted molar refractivity (Wildman–Crippen MR) is 76.9 cm³/mol. The first kappa shape index (κ1) is 12.9. The minimum absolute atomic E-state index is 0.0750. The number of H-pyrrole nitrogens is 1. The largest absolute Gasteiger partial charge is 0.369 e. The second-order valence-electron chi connectivity index (χ2n) is 4.60. The number of carbonyl (C=O) groups excluding carboxylic acids is 2. The molecule has 7 nitrogen and oxygen atoms in total. The number of aryl methyl sites for hydroxylation is 1. The lowest BCUT2D eigenvalue weighted by Gasteiger charge is -2.06. The summed E-state index contributed by atoms with van der Waals surface area (Å²) in [7, 11) is 0. The van der Waals surface area contributed by atoms with E-state index in [0.29, 0.717) is 29.8 Å². The molecule has 8 heteroatoms. The highest BCUT2D eigenvalue weighted by Gasteiger charge is 2.30. The van der Waals surface area contributed by atoms with Gasteiger partial charge in [0.2, 0.25) is 5.96 Å². The topological polar surface area (TPSA) is 112 Å². The maximum absolute atomic E-state index is 12.0. The Kier molecular flexibility index (Phi) is 2.89. The molecule has 0 radical (unpaired) electrons. The second-order valence-corrected chi connectivity index (χ2v) is 5.39. The van der Waals surface area contributed by atoms with Gasteiger partial charge in [0.1, 0.15) is 11.4 Å². The number of halogens is 1. The summed E-state index contributed by atoms with van der Waals surface area (Å²) in [6.07, 6.45) is 0.508. The van der Waals surface area contributed by atoms with Crippen molar-refractivity contribution in [2.45, 2.75) is 13.3 Å². The van der Waals surface area contributed by atoms with Crippen LogP contribution in [0.5, 0.6) is 0 Å². The average Bonchev–Trinajstić information content (AvgIpc) is 2.81. The molecular weight excluding hydrogens is 326 g/mol. The highest BCUT2D eigenvalue weighted by atomic mass is 79.9. The van der Waals surface area contributed by atoms with E-state index in [9.17, 15) is 9.59 Å². The molecule has 0 fully saturated rings. The number of hydrogen-bond donors (Lipinski definition) is 4. The minimum atomic E-state index is -0.344. The van der Waals surface area contributed by atoms with Crippen LogP contribution in [0.3, 0.4) is 0 Å². The van der Waals surface area contributed by atoms with Crippen molar-refractivity contribution in [2.75, 3.05) is 6.54 Å². The number of nitrogens with one attached hydrogen (secondary N) is 3. The Balaban J connectivity index is 2.29. The number of aliphatic imine (C=N–C) groups is 1. The van der Waals surface area contributed by atoms with Crippen LogP contribution in [0.25, 0.3) is 5.57 Å². The van der Waals surface area contributed by atoms with Gasteiger partial charge < -0.3 is 16.0 Å². The summed E-state index contributed by atoms with van der Waals surface area (Å²) in [5, 5.41) is 5.24. The molecule has 3 rings (SSSR count). The molecule has 0 saturated carbocycles. The van der Waals surface area contributed by atoms with E-state index >= 15 is 0 Å². The Morgan fingerprint density at radius 3 is 2.70 bits per heavy atom. The zero-order chi connectivity index (χ0) is 14.4. The van der Waals surface area contributed by atoms with Gasteiger partial charge in [0.25, 0.3) is 11.8 Å². The van der Waals surface area contributed by atoms with Gasteiger partial charge in [-0.2, -0.15) is 0 Å². The Bertz CT molecular complexity index is 701. The molecule has 0 unspecified atom stereocenters. The minimum Gasteiger partial charge on any atom is -0.369 e. The van der Waals surface area contributed by atoms with E-state index in [0.717, 1.165) is 10.2 Å². The molecule has 2 aliphatic rings. The first-order valence-corrected chi connectivity index (χ1v) is 6.83. The molecule has 3 heterocycles. The van der Waals surface area contributed by atoms with Gasteiger partial charge in [-0.1, -0.05) is 0 Å². The zero-order valence-electron chi connectivity index (χ0n) is 10.6. The number of aromatic amines is 1. The number of hydrogen-bond acceptors (Lipinski definition) is 4. The van der Waals surface area contributed by atoms with Crippen molar-refractivity contribution in [2.24, 2.45) is 10.7 Å². The summed E-state index contributed by atoms with van der Waals surface area (Å²) in [6, 6.07) is 0. The number of nitrogens with two attached hydrogens (primary N) is 1. The molecule has 0 bridgehead atoms. The summed E-state index contributed by atoms with van der Waals surface area (Å²) in [5.41, 5.74) is 8.43. The van der Waals surface area contributed by atoms with Crippen LogP contribution in [-0.2, 0) is 4.79 Å². The third-order valence-corrected chi connectivity index (χ3v) is 4.27. The van der Waals surface area contributed by atoms with E-state index in [-0.39, 0.29) is 23.5 Å². The lowest BCUT2D eigenvalue weighted by Crippen LogP contribution is -2.30. The molecule has 2 aliphatic heterocycles. The fourth-order valence-electron chi connectivity index (χ4n) is 2.39. The summed E-state index contributed by atoms with van der Waals surface area (Å²) in [6.45, 7) is 2.29. The van der Waals surface area contributed by atoms with Gasteiger partial charge in [0.15, 0.2) is 0 Å².